The maximum atomic E-state index is 11.3. The highest BCUT2D eigenvalue weighted by atomic mass is 32.2. The van der Waals surface area contributed by atoms with Crippen molar-refractivity contribution < 1.29 is 8.42 Å². The first-order valence-electron chi connectivity index (χ1n) is 7.44. The Kier molecular flexibility index (Phi) is 5.22. The lowest BCUT2D eigenvalue weighted by molar-refractivity contribution is 0.157. The first-order chi connectivity index (χ1) is 9.49. The molecule has 0 radical (unpaired) electrons. The van der Waals surface area contributed by atoms with Gasteiger partial charge in [-0.3, -0.25) is 0 Å². The smallest absolute Gasteiger partial charge is 0.148 e. The maximum absolute atomic E-state index is 11.3. The van der Waals surface area contributed by atoms with Crippen LogP contribution in [0.4, 0.5) is 0 Å². The molecule has 2 rings (SSSR count). The average molecular weight is 295 g/mol. The molecule has 1 aliphatic heterocycles. The Labute approximate surface area is 122 Å². The van der Waals surface area contributed by atoms with E-state index < -0.39 is 9.84 Å². The summed E-state index contributed by atoms with van der Waals surface area (Å²) >= 11 is 0. The Balaban J connectivity index is 1.98. The topological polar surface area (TPSA) is 37.4 Å². The molecular formula is C16H25NO2S. The lowest BCUT2D eigenvalue weighted by Crippen LogP contribution is -2.41. The van der Waals surface area contributed by atoms with Crippen molar-refractivity contribution in [1.29, 1.82) is 0 Å². The van der Waals surface area contributed by atoms with E-state index in [9.17, 15) is 8.42 Å². The normalized spacial score (nSPS) is 24.7. The lowest BCUT2D eigenvalue weighted by atomic mass is 9.79. The van der Waals surface area contributed by atoms with Gasteiger partial charge in [-0.15, -0.1) is 0 Å². The molecule has 1 aromatic rings. The summed E-state index contributed by atoms with van der Waals surface area (Å²) < 4.78 is 22.6. The fourth-order valence-electron chi connectivity index (χ4n) is 3.16. The van der Waals surface area contributed by atoms with Gasteiger partial charge in [0.1, 0.15) is 9.84 Å². The quantitative estimate of drug-likeness (QED) is 0.838. The van der Waals surface area contributed by atoms with Gasteiger partial charge in [0.25, 0.3) is 0 Å². The van der Waals surface area contributed by atoms with Crippen LogP contribution >= 0.6 is 0 Å². The van der Waals surface area contributed by atoms with Crippen molar-refractivity contribution in [2.45, 2.75) is 25.7 Å². The number of piperidine rings is 1. The molecule has 0 aliphatic carbocycles. The zero-order chi connectivity index (χ0) is 14.6. The van der Waals surface area contributed by atoms with Gasteiger partial charge in [0, 0.05) is 19.3 Å². The van der Waals surface area contributed by atoms with E-state index in [-0.39, 0.29) is 5.75 Å². The molecule has 1 aromatic carbocycles. The Bertz CT molecular complexity index is 513. The minimum atomic E-state index is -2.86. The van der Waals surface area contributed by atoms with E-state index in [0.29, 0.717) is 18.4 Å². The van der Waals surface area contributed by atoms with Gasteiger partial charge in [-0.25, -0.2) is 8.42 Å². The highest BCUT2D eigenvalue weighted by Crippen LogP contribution is 2.34. The van der Waals surface area contributed by atoms with Crippen LogP contribution in [0.5, 0.6) is 0 Å². The zero-order valence-corrected chi connectivity index (χ0v) is 13.3. The molecular weight excluding hydrogens is 270 g/mol. The predicted octanol–water partition coefficient (Wildman–Crippen LogP) is 2.55. The molecule has 2 atom stereocenters. The van der Waals surface area contributed by atoms with Gasteiger partial charge in [-0.1, -0.05) is 43.7 Å². The summed E-state index contributed by atoms with van der Waals surface area (Å²) in [6, 6.07) is 10.7. The SMILES string of the molecule is CC[C@H]1CN(CCS(C)(=O)=O)CC[C@H]1c1ccccc1. The Morgan fingerprint density at radius 3 is 2.55 bits per heavy atom. The van der Waals surface area contributed by atoms with E-state index in [1.807, 2.05) is 0 Å². The van der Waals surface area contributed by atoms with Crippen LogP contribution in [0.15, 0.2) is 30.3 Å². The highest BCUT2D eigenvalue weighted by molar-refractivity contribution is 7.90. The third-order valence-corrected chi connectivity index (χ3v) is 5.27. The molecule has 4 heteroatoms. The summed E-state index contributed by atoms with van der Waals surface area (Å²) in [5.74, 6) is 1.53. The van der Waals surface area contributed by atoms with Crippen LogP contribution in [0.2, 0.25) is 0 Å². The second-order valence-corrected chi connectivity index (χ2v) is 8.16. The molecule has 0 aromatic heterocycles. The molecule has 0 amide bonds. The summed E-state index contributed by atoms with van der Waals surface area (Å²) in [5, 5.41) is 0. The van der Waals surface area contributed by atoms with E-state index >= 15 is 0 Å². The van der Waals surface area contributed by atoms with Gasteiger partial charge >= 0.3 is 0 Å². The molecule has 0 saturated carbocycles. The van der Waals surface area contributed by atoms with Crippen LogP contribution in [0.1, 0.15) is 31.2 Å². The highest BCUT2D eigenvalue weighted by Gasteiger charge is 2.29. The van der Waals surface area contributed by atoms with E-state index in [1.165, 1.54) is 11.8 Å². The van der Waals surface area contributed by atoms with E-state index in [4.69, 9.17) is 0 Å². The molecule has 1 heterocycles. The monoisotopic (exact) mass is 295 g/mol. The van der Waals surface area contributed by atoms with Crippen LogP contribution in [0, 0.1) is 5.92 Å². The van der Waals surface area contributed by atoms with Crippen molar-refractivity contribution in [3.63, 3.8) is 0 Å². The number of nitrogens with zero attached hydrogens (tertiary/aromatic N) is 1. The first-order valence-corrected chi connectivity index (χ1v) is 9.50. The molecule has 0 N–H and O–H groups in total. The van der Waals surface area contributed by atoms with E-state index in [2.05, 4.69) is 42.2 Å². The van der Waals surface area contributed by atoms with Gasteiger partial charge < -0.3 is 4.90 Å². The largest absolute Gasteiger partial charge is 0.302 e. The standard InChI is InChI=1S/C16H25NO2S/c1-3-14-13-17(11-12-20(2,18)19)10-9-16(14)15-7-5-4-6-8-15/h4-8,14,16H,3,9-13H2,1-2H3/t14-,16+/m0/s1. The molecule has 1 fully saturated rings. The van der Waals surface area contributed by atoms with Crippen molar-refractivity contribution in [3.8, 4) is 0 Å². The fourth-order valence-corrected chi connectivity index (χ4v) is 3.75. The van der Waals surface area contributed by atoms with Crippen LogP contribution in [0.3, 0.4) is 0 Å². The zero-order valence-electron chi connectivity index (χ0n) is 12.5. The summed E-state index contributed by atoms with van der Waals surface area (Å²) in [4.78, 5) is 2.31. The van der Waals surface area contributed by atoms with Gasteiger partial charge in [0.15, 0.2) is 0 Å². The van der Waals surface area contributed by atoms with E-state index in [1.54, 1.807) is 0 Å². The van der Waals surface area contributed by atoms with Gasteiger partial charge in [0.2, 0.25) is 0 Å². The van der Waals surface area contributed by atoms with Gasteiger partial charge in [-0.2, -0.15) is 0 Å². The summed E-state index contributed by atoms with van der Waals surface area (Å²) in [5.41, 5.74) is 1.43. The molecule has 1 aliphatic rings. The van der Waals surface area contributed by atoms with Crippen LogP contribution < -0.4 is 0 Å². The second-order valence-electron chi connectivity index (χ2n) is 5.90. The van der Waals surface area contributed by atoms with Crippen molar-refractivity contribution in [2.75, 3.05) is 31.6 Å². The first kappa shape index (κ1) is 15.5. The van der Waals surface area contributed by atoms with Crippen molar-refractivity contribution in [2.24, 2.45) is 5.92 Å². The van der Waals surface area contributed by atoms with Crippen LogP contribution in [0.25, 0.3) is 0 Å². The number of rotatable bonds is 5. The molecule has 20 heavy (non-hydrogen) atoms. The second kappa shape index (κ2) is 6.72. The minimum Gasteiger partial charge on any atom is -0.302 e. The van der Waals surface area contributed by atoms with Gasteiger partial charge in [0.05, 0.1) is 5.75 Å². The summed E-state index contributed by atoms with van der Waals surface area (Å²) in [6.45, 7) is 4.94. The lowest BCUT2D eigenvalue weighted by Gasteiger charge is -2.38. The third-order valence-electron chi connectivity index (χ3n) is 4.35. The van der Waals surface area contributed by atoms with Gasteiger partial charge in [-0.05, 0) is 30.4 Å². The molecule has 0 bridgehead atoms. The van der Waals surface area contributed by atoms with E-state index in [0.717, 1.165) is 25.9 Å². The number of likely N-dealkylation sites (tertiary alicyclic amines) is 1. The number of sulfone groups is 1. The average Bonchev–Trinajstić information content (AvgIpc) is 2.45. The molecule has 3 nitrogen and oxygen atoms in total. The summed E-state index contributed by atoms with van der Waals surface area (Å²) in [7, 11) is -2.86. The fraction of sp³-hybridized carbons (Fsp3) is 0.625. The molecule has 112 valence electrons. The number of benzene rings is 1. The Hall–Kier alpha value is -0.870. The predicted molar refractivity (Wildman–Crippen MR) is 83.7 cm³/mol. The van der Waals surface area contributed by atoms with Crippen molar-refractivity contribution in [1.82, 2.24) is 4.90 Å². The Morgan fingerprint density at radius 1 is 1.25 bits per heavy atom. The third kappa shape index (κ3) is 4.32. The van der Waals surface area contributed by atoms with Crippen molar-refractivity contribution >= 4 is 9.84 Å². The van der Waals surface area contributed by atoms with Crippen LogP contribution in [-0.4, -0.2) is 45.0 Å². The van der Waals surface area contributed by atoms with Crippen molar-refractivity contribution in [3.05, 3.63) is 35.9 Å². The maximum Gasteiger partial charge on any atom is 0.148 e. The number of hydrogen-bond acceptors (Lipinski definition) is 3. The summed E-state index contributed by atoms with van der Waals surface area (Å²) in [6.07, 6.45) is 3.60. The molecule has 0 spiro atoms. The molecule has 0 unspecified atom stereocenters. The number of hydrogen-bond donors (Lipinski definition) is 0. The minimum absolute atomic E-state index is 0.277. The van der Waals surface area contributed by atoms with Crippen LogP contribution in [-0.2, 0) is 9.84 Å². The Morgan fingerprint density at radius 2 is 1.95 bits per heavy atom. The molecule has 1 saturated heterocycles.